The first-order valence-electron chi connectivity index (χ1n) is 20.5. The maximum Gasteiger partial charge on any atom is 0.407 e. The minimum atomic E-state index is -0.886. The summed E-state index contributed by atoms with van der Waals surface area (Å²) in [6.07, 6.45) is 5.31. The van der Waals surface area contributed by atoms with Gasteiger partial charge in [0.05, 0.1) is 50.1 Å². The maximum absolute atomic E-state index is 13.9. The number of amides is 4. The van der Waals surface area contributed by atoms with Gasteiger partial charge in [0.1, 0.15) is 23.7 Å². The highest BCUT2D eigenvalue weighted by atomic mass is 16.5. The van der Waals surface area contributed by atoms with Crippen LogP contribution in [0.3, 0.4) is 0 Å². The molecule has 0 bridgehead atoms. The highest BCUT2D eigenvalue weighted by Gasteiger charge is 2.38. The number of nitrogens with one attached hydrogen (secondary N) is 4. The lowest BCUT2D eigenvalue weighted by molar-refractivity contribution is -0.135. The predicted octanol–water partition coefficient (Wildman–Crippen LogP) is 7.39. The van der Waals surface area contributed by atoms with E-state index in [-0.39, 0.29) is 23.9 Å². The van der Waals surface area contributed by atoms with Crippen LogP contribution < -0.4 is 10.6 Å². The molecule has 0 radical (unpaired) electrons. The summed E-state index contributed by atoms with van der Waals surface area (Å²) in [4.78, 5) is 71.9. The molecule has 14 heteroatoms. The first kappa shape index (κ1) is 41.1. The van der Waals surface area contributed by atoms with Gasteiger partial charge in [-0.2, -0.15) is 0 Å². The molecule has 4 atom stereocenters. The SMILES string of the molecule is COC(=O)NC(C(=O)N1CCCC1c1ncc(-c2ccc(C#Cc3ccc(-c4cnc(C5CCCN5C(=O)C(NC(=O)OC)c5ccccc5)[nH]4)cc3)cc2)[nH]1)c1ccccc1. The number of hydrogen-bond acceptors (Lipinski definition) is 8. The lowest BCUT2D eigenvalue weighted by atomic mass is 10.1. The van der Waals surface area contributed by atoms with E-state index in [1.807, 2.05) is 109 Å². The first-order chi connectivity index (χ1) is 30.3. The number of H-pyrrole nitrogens is 2. The van der Waals surface area contributed by atoms with Crippen LogP contribution in [-0.4, -0.2) is 81.0 Å². The van der Waals surface area contributed by atoms with Gasteiger partial charge < -0.3 is 39.9 Å². The van der Waals surface area contributed by atoms with Crippen LogP contribution in [0.5, 0.6) is 0 Å². The molecule has 4 unspecified atom stereocenters. The fraction of sp³-hybridized carbons (Fsp3) is 0.250. The zero-order valence-corrected chi connectivity index (χ0v) is 34.3. The number of nitrogens with zero attached hydrogens (tertiary/aromatic N) is 4. The van der Waals surface area contributed by atoms with Crippen molar-refractivity contribution >= 4 is 24.0 Å². The van der Waals surface area contributed by atoms with Crippen molar-refractivity contribution in [3.8, 4) is 34.4 Å². The Morgan fingerprint density at radius 2 is 0.984 bits per heavy atom. The molecule has 4 amide bonds. The van der Waals surface area contributed by atoms with Crippen molar-refractivity contribution in [3.05, 3.63) is 155 Å². The van der Waals surface area contributed by atoms with Crippen molar-refractivity contribution in [2.75, 3.05) is 27.3 Å². The van der Waals surface area contributed by atoms with Crippen molar-refractivity contribution in [1.29, 1.82) is 0 Å². The Hall–Kier alpha value is -7.66. The molecule has 0 saturated carbocycles. The Morgan fingerprint density at radius 1 is 0.597 bits per heavy atom. The molecule has 0 aliphatic carbocycles. The van der Waals surface area contributed by atoms with E-state index in [2.05, 4.69) is 42.4 Å². The van der Waals surface area contributed by atoms with E-state index in [1.54, 1.807) is 22.2 Å². The molecule has 14 nitrogen and oxygen atoms in total. The van der Waals surface area contributed by atoms with E-state index in [4.69, 9.17) is 9.47 Å². The third-order valence-electron chi connectivity index (χ3n) is 11.3. The maximum atomic E-state index is 13.9. The lowest BCUT2D eigenvalue weighted by Crippen LogP contribution is -2.42. The Morgan fingerprint density at radius 3 is 1.35 bits per heavy atom. The quantitative estimate of drug-likeness (QED) is 0.103. The molecule has 4 aromatic carbocycles. The number of imidazole rings is 2. The van der Waals surface area contributed by atoms with Gasteiger partial charge in [-0.1, -0.05) is 96.8 Å². The Labute approximate surface area is 359 Å². The molecule has 0 spiro atoms. The van der Waals surface area contributed by atoms with Crippen LogP contribution in [-0.2, 0) is 19.1 Å². The average molecular weight is 831 g/mol. The molecule has 2 aliphatic rings. The van der Waals surface area contributed by atoms with Crippen LogP contribution in [0.15, 0.2) is 122 Å². The zero-order chi connectivity index (χ0) is 43.0. The Bertz CT molecular complexity index is 2400. The number of rotatable bonds is 10. The van der Waals surface area contributed by atoms with E-state index in [9.17, 15) is 19.2 Å². The van der Waals surface area contributed by atoms with E-state index in [0.29, 0.717) is 35.9 Å². The van der Waals surface area contributed by atoms with Gasteiger partial charge in [0.25, 0.3) is 11.8 Å². The molecule has 6 aromatic rings. The summed E-state index contributed by atoms with van der Waals surface area (Å²) in [6.45, 7) is 1.09. The van der Waals surface area contributed by atoms with Crippen LogP contribution in [0.4, 0.5) is 9.59 Å². The molecule has 2 aromatic heterocycles. The molecule has 314 valence electrons. The number of aromatic nitrogens is 4. The number of aromatic amines is 2. The zero-order valence-electron chi connectivity index (χ0n) is 34.3. The summed E-state index contributed by atoms with van der Waals surface area (Å²) in [7, 11) is 2.55. The number of benzene rings is 4. The van der Waals surface area contributed by atoms with Crippen molar-refractivity contribution in [2.24, 2.45) is 0 Å². The molecule has 4 N–H and O–H groups in total. The monoisotopic (exact) mass is 830 g/mol. The Balaban J connectivity index is 0.901. The second-order valence-electron chi connectivity index (χ2n) is 15.1. The van der Waals surface area contributed by atoms with Crippen molar-refractivity contribution in [1.82, 2.24) is 40.4 Å². The van der Waals surface area contributed by atoms with Crippen molar-refractivity contribution in [2.45, 2.75) is 49.9 Å². The molecule has 62 heavy (non-hydrogen) atoms. The van der Waals surface area contributed by atoms with Crippen molar-refractivity contribution in [3.63, 3.8) is 0 Å². The fourth-order valence-electron chi connectivity index (χ4n) is 8.10. The second-order valence-corrected chi connectivity index (χ2v) is 15.1. The van der Waals surface area contributed by atoms with Gasteiger partial charge in [0.15, 0.2) is 0 Å². The van der Waals surface area contributed by atoms with Crippen LogP contribution >= 0.6 is 0 Å². The number of hydrogen-bond donors (Lipinski definition) is 4. The number of ether oxygens (including phenoxy) is 2. The van der Waals surface area contributed by atoms with Gasteiger partial charge in [-0.05, 0) is 72.2 Å². The number of carbonyl (C=O) groups is 4. The molecular weight excluding hydrogens is 785 g/mol. The van der Waals surface area contributed by atoms with E-state index < -0.39 is 24.3 Å². The van der Waals surface area contributed by atoms with Crippen LogP contribution in [0.25, 0.3) is 22.5 Å². The van der Waals surface area contributed by atoms with Crippen LogP contribution in [0.2, 0.25) is 0 Å². The van der Waals surface area contributed by atoms with Crippen LogP contribution in [0.1, 0.15) is 83.8 Å². The highest BCUT2D eigenvalue weighted by Crippen LogP contribution is 2.36. The minimum Gasteiger partial charge on any atom is -0.453 e. The molecule has 2 saturated heterocycles. The molecule has 2 aliphatic heterocycles. The largest absolute Gasteiger partial charge is 0.453 e. The number of likely N-dealkylation sites (tertiary alicyclic amines) is 2. The number of carbonyl (C=O) groups excluding carboxylic acids is 4. The molecule has 4 heterocycles. The van der Waals surface area contributed by atoms with Gasteiger partial charge in [0, 0.05) is 24.2 Å². The molecular formula is C48H46N8O6. The highest BCUT2D eigenvalue weighted by molar-refractivity contribution is 5.88. The summed E-state index contributed by atoms with van der Waals surface area (Å²) < 4.78 is 9.64. The summed E-state index contributed by atoms with van der Waals surface area (Å²) in [6, 6.07) is 31.8. The van der Waals surface area contributed by atoms with Gasteiger partial charge in [-0.3, -0.25) is 9.59 Å². The lowest BCUT2D eigenvalue weighted by Gasteiger charge is -2.28. The first-order valence-corrected chi connectivity index (χ1v) is 20.5. The van der Waals surface area contributed by atoms with Gasteiger partial charge in [-0.25, -0.2) is 19.6 Å². The molecule has 2 fully saturated rings. The third-order valence-corrected chi connectivity index (χ3v) is 11.3. The summed E-state index contributed by atoms with van der Waals surface area (Å²) in [5, 5.41) is 5.41. The van der Waals surface area contributed by atoms with E-state index in [0.717, 1.165) is 59.3 Å². The smallest absolute Gasteiger partial charge is 0.407 e. The Kier molecular flexibility index (Phi) is 12.4. The van der Waals surface area contributed by atoms with Gasteiger partial charge in [0.2, 0.25) is 0 Å². The molecule has 8 rings (SSSR count). The average Bonchev–Trinajstić information content (AvgIpc) is 4.17. The van der Waals surface area contributed by atoms with Gasteiger partial charge >= 0.3 is 12.2 Å². The standard InChI is InChI=1S/C48H46N8O6/c1-61-47(59)53-41(35-11-5-3-6-12-35)45(57)55-27-9-15-39(55)43-49-29-37(51-43)33-23-19-31(20-24-33)17-18-32-21-25-34(26-22-32)38-30-50-44(52-38)40-16-10-28-56(40)46(58)42(54-48(60)62-2)36-13-7-4-8-14-36/h3-8,11-14,19-26,29-30,39-42H,9-10,15-16,27-28H2,1-2H3,(H,49,51)(H,50,52)(H,53,59)(H,54,60). The van der Waals surface area contributed by atoms with Crippen LogP contribution in [0, 0.1) is 11.8 Å². The number of methoxy groups -OCH3 is 2. The normalized spacial score (nSPS) is 16.7. The summed E-state index contributed by atoms with van der Waals surface area (Å²) in [5.74, 6) is 7.44. The van der Waals surface area contributed by atoms with Crippen molar-refractivity contribution < 1.29 is 28.7 Å². The minimum absolute atomic E-state index is 0.221. The predicted molar refractivity (Wildman–Crippen MR) is 231 cm³/mol. The van der Waals surface area contributed by atoms with Gasteiger partial charge in [-0.15, -0.1) is 0 Å². The fourth-order valence-corrected chi connectivity index (χ4v) is 8.10. The third kappa shape index (κ3) is 9.07. The van der Waals surface area contributed by atoms with E-state index >= 15 is 0 Å². The number of alkyl carbamates (subject to hydrolysis) is 2. The summed E-state index contributed by atoms with van der Waals surface area (Å²) >= 11 is 0. The van der Waals surface area contributed by atoms with E-state index in [1.165, 1.54) is 14.2 Å². The second kappa shape index (κ2) is 18.7. The topological polar surface area (TPSA) is 175 Å². The summed E-state index contributed by atoms with van der Waals surface area (Å²) in [5.41, 5.74) is 6.55.